The van der Waals surface area contributed by atoms with Crippen LogP contribution in [0.15, 0.2) is 42.5 Å². The first-order valence-electron chi connectivity index (χ1n) is 7.74. The predicted octanol–water partition coefficient (Wildman–Crippen LogP) is 3.55. The number of hydrogen-bond acceptors (Lipinski definition) is 3. The first-order chi connectivity index (χ1) is 11.0. The number of esters is 1. The molecule has 2 aromatic rings. The largest absolute Gasteiger partial charge is 0.464 e. The van der Waals surface area contributed by atoms with Gasteiger partial charge in [0, 0.05) is 5.39 Å². The summed E-state index contributed by atoms with van der Waals surface area (Å²) in [4.78, 5) is 24.2. The maximum Gasteiger partial charge on any atom is 0.328 e. The summed E-state index contributed by atoms with van der Waals surface area (Å²) >= 11 is 0. The van der Waals surface area contributed by atoms with Crippen LogP contribution in [0.25, 0.3) is 10.8 Å². The molecule has 0 radical (unpaired) electrons. The number of ether oxygens (including phenoxy) is 1. The second-order valence-corrected chi connectivity index (χ2v) is 5.60. The molecule has 0 bridgehead atoms. The third-order valence-corrected chi connectivity index (χ3v) is 3.53. The normalized spacial score (nSPS) is 12.0. The van der Waals surface area contributed by atoms with E-state index in [1.54, 1.807) is 6.92 Å². The van der Waals surface area contributed by atoms with Gasteiger partial charge < -0.3 is 15.4 Å². The number of carbonyl (C=O) groups excluding carboxylic acids is 2. The van der Waals surface area contributed by atoms with Crippen molar-refractivity contribution in [3.63, 3.8) is 0 Å². The Bertz CT molecular complexity index is 692. The molecule has 0 aliphatic carbocycles. The van der Waals surface area contributed by atoms with Crippen molar-refractivity contribution in [1.29, 1.82) is 0 Å². The maximum absolute atomic E-state index is 12.2. The fourth-order valence-electron chi connectivity index (χ4n) is 2.36. The van der Waals surface area contributed by atoms with Crippen molar-refractivity contribution < 1.29 is 14.3 Å². The highest BCUT2D eigenvalue weighted by molar-refractivity contribution is 6.02. The molecule has 2 amide bonds. The van der Waals surface area contributed by atoms with Gasteiger partial charge in [-0.3, -0.25) is 0 Å². The Hall–Kier alpha value is -2.56. The third kappa shape index (κ3) is 4.22. The topological polar surface area (TPSA) is 67.4 Å². The van der Waals surface area contributed by atoms with E-state index in [-0.39, 0.29) is 12.5 Å². The van der Waals surface area contributed by atoms with Gasteiger partial charge in [0.2, 0.25) is 0 Å². The second-order valence-electron chi connectivity index (χ2n) is 5.60. The lowest BCUT2D eigenvalue weighted by molar-refractivity contribution is -0.146. The van der Waals surface area contributed by atoms with Crippen LogP contribution < -0.4 is 10.6 Å². The Morgan fingerprint density at radius 2 is 1.78 bits per heavy atom. The van der Waals surface area contributed by atoms with Crippen molar-refractivity contribution in [2.45, 2.75) is 26.8 Å². The highest BCUT2D eigenvalue weighted by Gasteiger charge is 2.25. The zero-order valence-corrected chi connectivity index (χ0v) is 13.6. The van der Waals surface area contributed by atoms with Crippen LogP contribution in [-0.4, -0.2) is 24.6 Å². The van der Waals surface area contributed by atoms with Gasteiger partial charge in [0.15, 0.2) is 0 Å². The number of amides is 2. The van der Waals surface area contributed by atoms with Gasteiger partial charge in [0.1, 0.15) is 6.04 Å². The molecule has 0 saturated heterocycles. The van der Waals surface area contributed by atoms with E-state index >= 15 is 0 Å². The van der Waals surface area contributed by atoms with Crippen molar-refractivity contribution in [2.75, 3.05) is 11.9 Å². The lowest BCUT2D eigenvalue weighted by Gasteiger charge is -2.21. The maximum atomic E-state index is 12.2. The lowest BCUT2D eigenvalue weighted by Crippen LogP contribution is -2.47. The van der Waals surface area contributed by atoms with Crippen molar-refractivity contribution >= 4 is 28.5 Å². The minimum Gasteiger partial charge on any atom is -0.464 e. The number of anilines is 1. The molecule has 5 heteroatoms. The summed E-state index contributed by atoms with van der Waals surface area (Å²) in [6.45, 7) is 5.75. The molecule has 0 aromatic heterocycles. The van der Waals surface area contributed by atoms with E-state index in [2.05, 4.69) is 10.6 Å². The van der Waals surface area contributed by atoms with Crippen LogP contribution in [0.3, 0.4) is 0 Å². The van der Waals surface area contributed by atoms with Crippen LogP contribution in [0, 0.1) is 5.92 Å². The molecule has 2 rings (SSSR count). The predicted molar refractivity (Wildman–Crippen MR) is 91.4 cm³/mol. The molecule has 23 heavy (non-hydrogen) atoms. The van der Waals surface area contributed by atoms with E-state index in [1.807, 2.05) is 56.3 Å². The number of benzene rings is 2. The monoisotopic (exact) mass is 314 g/mol. The van der Waals surface area contributed by atoms with Gasteiger partial charge in [-0.15, -0.1) is 0 Å². The Morgan fingerprint density at radius 1 is 1.09 bits per heavy atom. The smallest absolute Gasteiger partial charge is 0.328 e. The van der Waals surface area contributed by atoms with Crippen LogP contribution in [0.2, 0.25) is 0 Å². The fraction of sp³-hybridized carbons (Fsp3) is 0.333. The molecule has 0 spiro atoms. The summed E-state index contributed by atoms with van der Waals surface area (Å²) in [5, 5.41) is 7.48. The number of nitrogens with one attached hydrogen (secondary N) is 2. The average Bonchev–Trinajstić information content (AvgIpc) is 2.53. The van der Waals surface area contributed by atoms with Crippen molar-refractivity contribution in [1.82, 2.24) is 5.32 Å². The highest BCUT2D eigenvalue weighted by Crippen LogP contribution is 2.22. The van der Waals surface area contributed by atoms with E-state index in [0.717, 1.165) is 10.8 Å². The number of rotatable bonds is 5. The van der Waals surface area contributed by atoms with Crippen LogP contribution in [0.4, 0.5) is 10.5 Å². The molecule has 122 valence electrons. The fourth-order valence-corrected chi connectivity index (χ4v) is 2.36. The summed E-state index contributed by atoms with van der Waals surface area (Å²) in [6, 6.07) is 12.4. The van der Waals surface area contributed by atoms with Crippen LogP contribution in [-0.2, 0) is 9.53 Å². The van der Waals surface area contributed by atoms with E-state index in [9.17, 15) is 9.59 Å². The molecule has 2 aromatic carbocycles. The third-order valence-electron chi connectivity index (χ3n) is 3.53. The molecule has 2 N–H and O–H groups in total. The van der Waals surface area contributed by atoms with Gasteiger partial charge in [0.25, 0.3) is 0 Å². The first kappa shape index (κ1) is 16.8. The average molecular weight is 314 g/mol. The number of fused-ring (bicyclic) bond motifs is 1. The number of carbonyl (C=O) groups is 2. The van der Waals surface area contributed by atoms with E-state index in [0.29, 0.717) is 5.69 Å². The second kappa shape index (κ2) is 7.63. The number of urea groups is 1. The summed E-state index contributed by atoms with van der Waals surface area (Å²) in [5.41, 5.74) is 0.701. The van der Waals surface area contributed by atoms with E-state index in [1.165, 1.54) is 0 Å². The minimum absolute atomic E-state index is 0.0627. The lowest BCUT2D eigenvalue weighted by atomic mass is 10.1. The molecular formula is C18H22N2O3. The van der Waals surface area contributed by atoms with Crippen LogP contribution in [0.5, 0.6) is 0 Å². The van der Waals surface area contributed by atoms with Crippen molar-refractivity contribution in [3.05, 3.63) is 42.5 Å². The SMILES string of the molecule is CCOC(=O)C(NC(=O)Nc1cccc2ccccc12)C(C)C. The molecule has 0 heterocycles. The van der Waals surface area contributed by atoms with Gasteiger partial charge in [-0.2, -0.15) is 0 Å². The first-order valence-corrected chi connectivity index (χ1v) is 7.74. The Kier molecular flexibility index (Phi) is 5.57. The van der Waals surface area contributed by atoms with E-state index < -0.39 is 18.0 Å². The van der Waals surface area contributed by atoms with Gasteiger partial charge in [-0.1, -0.05) is 50.2 Å². The zero-order chi connectivity index (χ0) is 16.8. The molecule has 0 aliphatic heterocycles. The Labute approximate surface area is 136 Å². The Balaban J connectivity index is 2.12. The molecule has 1 atom stereocenters. The van der Waals surface area contributed by atoms with Gasteiger partial charge in [0.05, 0.1) is 12.3 Å². The molecule has 0 saturated carbocycles. The van der Waals surface area contributed by atoms with Gasteiger partial charge >= 0.3 is 12.0 Å². The van der Waals surface area contributed by atoms with Crippen molar-refractivity contribution in [3.8, 4) is 0 Å². The van der Waals surface area contributed by atoms with Gasteiger partial charge in [-0.25, -0.2) is 9.59 Å². The molecular weight excluding hydrogens is 292 g/mol. The summed E-state index contributed by atoms with van der Waals surface area (Å²) < 4.78 is 5.01. The van der Waals surface area contributed by atoms with Gasteiger partial charge in [-0.05, 0) is 24.3 Å². The molecule has 5 nitrogen and oxygen atoms in total. The Morgan fingerprint density at radius 3 is 2.48 bits per heavy atom. The highest BCUT2D eigenvalue weighted by atomic mass is 16.5. The molecule has 0 aliphatic rings. The minimum atomic E-state index is -0.676. The van der Waals surface area contributed by atoms with Crippen LogP contribution >= 0.6 is 0 Å². The van der Waals surface area contributed by atoms with Crippen molar-refractivity contribution in [2.24, 2.45) is 5.92 Å². The summed E-state index contributed by atoms with van der Waals surface area (Å²) in [6.07, 6.45) is 0. The summed E-state index contributed by atoms with van der Waals surface area (Å²) in [5.74, 6) is -0.483. The van der Waals surface area contributed by atoms with E-state index in [4.69, 9.17) is 4.74 Å². The zero-order valence-electron chi connectivity index (χ0n) is 13.6. The summed E-state index contributed by atoms with van der Waals surface area (Å²) in [7, 11) is 0. The molecule has 0 fully saturated rings. The quantitative estimate of drug-likeness (QED) is 0.829. The molecule has 1 unspecified atom stereocenters. The number of hydrogen-bond donors (Lipinski definition) is 2. The standard InChI is InChI=1S/C18H22N2O3/c1-4-23-17(21)16(12(2)3)20-18(22)19-15-11-7-9-13-8-5-6-10-14(13)15/h5-12,16H,4H2,1-3H3,(H2,19,20,22). The van der Waals surface area contributed by atoms with Crippen LogP contribution in [0.1, 0.15) is 20.8 Å².